The maximum absolute atomic E-state index is 12.8. The third-order valence-corrected chi connectivity index (χ3v) is 3.96. The summed E-state index contributed by atoms with van der Waals surface area (Å²) in [6.45, 7) is 5.73. The fourth-order valence-electron chi connectivity index (χ4n) is 2.62. The van der Waals surface area contributed by atoms with Crippen molar-refractivity contribution in [3.05, 3.63) is 65.2 Å². The highest BCUT2D eigenvalue weighted by Crippen LogP contribution is 2.16. The lowest BCUT2D eigenvalue weighted by Gasteiger charge is -2.20. The molecule has 0 atom stereocenters. The standard InChI is InChI=1S/C22H27N3O4/c1-22(2,3)29-21(28)24-18-8-6-7-17(13-18)20(27)25(5)14-15-9-11-16(12-10-15)19(26)23-4/h6-13H,14H2,1-5H3,(H,23,26)(H,24,28). The van der Waals surface area contributed by atoms with Gasteiger partial charge in [0.2, 0.25) is 0 Å². The molecule has 2 aromatic carbocycles. The lowest BCUT2D eigenvalue weighted by molar-refractivity contribution is 0.0635. The molecule has 2 rings (SSSR count). The fraction of sp³-hybridized carbons (Fsp3) is 0.318. The number of rotatable bonds is 5. The molecule has 0 aliphatic carbocycles. The van der Waals surface area contributed by atoms with Gasteiger partial charge in [0.05, 0.1) is 0 Å². The molecule has 0 radical (unpaired) electrons. The molecule has 154 valence electrons. The van der Waals surface area contributed by atoms with Gasteiger partial charge < -0.3 is 15.0 Å². The number of nitrogens with zero attached hydrogens (tertiary/aromatic N) is 1. The number of nitrogens with one attached hydrogen (secondary N) is 2. The van der Waals surface area contributed by atoms with Crippen LogP contribution >= 0.6 is 0 Å². The van der Waals surface area contributed by atoms with E-state index in [1.165, 1.54) is 0 Å². The Kier molecular flexibility index (Phi) is 6.98. The van der Waals surface area contributed by atoms with Crippen molar-refractivity contribution < 1.29 is 19.1 Å². The Morgan fingerprint density at radius 2 is 1.66 bits per heavy atom. The normalized spacial score (nSPS) is 10.8. The molecule has 0 fully saturated rings. The number of benzene rings is 2. The minimum absolute atomic E-state index is 0.157. The van der Waals surface area contributed by atoms with Crippen molar-refractivity contribution in [3.8, 4) is 0 Å². The van der Waals surface area contributed by atoms with E-state index in [0.717, 1.165) is 5.56 Å². The van der Waals surface area contributed by atoms with Crippen molar-refractivity contribution in [1.82, 2.24) is 10.2 Å². The van der Waals surface area contributed by atoms with E-state index in [-0.39, 0.29) is 11.8 Å². The molecule has 0 aromatic heterocycles. The van der Waals surface area contributed by atoms with Crippen molar-refractivity contribution >= 4 is 23.6 Å². The molecule has 7 nitrogen and oxygen atoms in total. The molecule has 0 bridgehead atoms. The Balaban J connectivity index is 2.04. The van der Waals surface area contributed by atoms with Crippen LogP contribution in [0.2, 0.25) is 0 Å². The van der Waals surface area contributed by atoms with Crippen LogP contribution < -0.4 is 10.6 Å². The van der Waals surface area contributed by atoms with E-state index in [4.69, 9.17) is 4.74 Å². The summed E-state index contributed by atoms with van der Waals surface area (Å²) in [4.78, 5) is 37.9. The maximum atomic E-state index is 12.8. The average molecular weight is 397 g/mol. The largest absolute Gasteiger partial charge is 0.444 e. The van der Waals surface area contributed by atoms with E-state index >= 15 is 0 Å². The number of carbonyl (C=O) groups excluding carboxylic acids is 3. The molecule has 0 spiro atoms. The SMILES string of the molecule is CNC(=O)c1ccc(CN(C)C(=O)c2cccc(NC(=O)OC(C)(C)C)c2)cc1. The summed E-state index contributed by atoms with van der Waals surface area (Å²) in [7, 11) is 3.28. The van der Waals surface area contributed by atoms with Crippen LogP contribution in [-0.4, -0.2) is 42.5 Å². The van der Waals surface area contributed by atoms with Crippen LogP contribution in [0, 0.1) is 0 Å². The van der Waals surface area contributed by atoms with Gasteiger partial charge in [0, 0.05) is 37.5 Å². The van der Waals surface area contributed by atoms with Gasteiger partial charge >= 0.3 is 6.09 Å². The number of anilines is 1. The van der Waals surface area contributed by atoms with Gasteiger partial charge in [-0.05, 0) is 56.7 Å². The van der Waals surface area contributed by atoms with Gasteiger partial charge in [0.15, 0.2) is 0 Å². The molecule has 0 heterocycles. The van der Waals surface area contributed by atoms with Crippen LogP contribution in [0.1, 0.15) is 47.1 Å². The third kappa shape index (κ3) is 6.64. The minimum Gasteiger partial charge on any atom is -0.444 e. The first-order valence-electron chi connectivity index (χ1n) is 9.25. The zero-order chi connectivity index (χ0) is 21.6. The summed E-state index contributed by atoms with van der Waals surface area (Å²) >= 11 is 0. The predicted molar refractivity (Wildman–Crippen MR) is 112 cm³/mol. The van der Waals surface area contributed by atoms with E-state index in [1.54, 1.807) is 76.2 Å². The number of carbonyl (C=O) groups is 3. The number of amides is 3. The van der Waals surface area contributed by atoms with Crippen molar-refractivity contribution in [2.45, 2.75) is 32.9 Å². The molecule has 2 aromatic rings. The van der Waals surface area contributed by atoms with Crippen molar-refractivity contribution in [2.75, 3.05) is 19.4 Å². The highest BCUT2D eigenvalue weighted by atomic mass is 16.6. The van der Waals surface area contributed by atoms with Crippen LogP contribution in [0.5, 0.6) is 0 Å². The summed E-state index contributed by atoms with van der Waals surface area (Å²) in [6.07, 6.45) is -0.577. The van der Waals surface area contributed by atoms with Crippen molar-refractivity contribution in [2.24, 2.45) is 0 Å². The highest BCUT2D eigenvalue weighted by Gasteiger charge is 2.17. The van der Waals surface area contributed by atoms with Crippen LogP contribution in [0.4, 0.5) is 10.5 Å². The number of hydrogen-bond acceptors (Lipinski definition) is 4. The molecule has 0 aliphatic heterocycles. The van der Waals surface area contributed by atoms with E-state index in [2.05, 4.69) is 10.6 Å². The Morgan fingerprint density at radius 1 is 1.00 bits per heavy atom. The summed E-state index contributed by atoms with van der Waals surface area (Å²) in [5.41, 5.74) is 1.78. The first kappa shape index (κ1) is 21.9. The first-order chi connectivity index (χ1) is 13.6. The van der Waals surface area contributed by atoms with Gasteiger partial charge in [-0.2, -0.15) is 0 Å². The Morgan fingerprint density at radius 3 is 2.24 bits per heavy atom. The second kappa shape index (κ2) is 9.23. The molecule has 29 heavy (non-hydrogen) atoms. The smallest absolute Gasteiger partial charge is 0.412 e. The van der Waals surface area contributed by atoms with Crippen LogP contribution in [0.15, 0.2) is 48.5 Å². The van der Waals surface area contributed by atoms with E-state index in [0.29, 0.717) is 23.4 Å². The van der Waals surface area contributed by atoms with Gasteiger partial charge in [-0.3, -0.25) is 14.9 Å². The molecule has 7 heteroatoms. The Hall–Kier alpha value is -3.35. The topological polar surface area (TPSA) is 87.7 Å². The van der Waals surface area contributed by atoms with E-state index in [9.17, 15) is 14.4 Å². The number of hydrogen-bond donors (Lipinski definition) is 2. The Bertz CT molecular complexity index is 886. The van der Waals surface area contributed by atoms with Gasteiger partial charge in [0.1, 0.15) is 5.60 Å². The molecule has 0 saturated heterocycles. The van der Waals surface area contributed by atoms with Gasteiger partial charge in [0.25, 0.3) is 11.8 Å². The highest BCUT2D eigenvalue weighted by molar-refractivity contribution is 5.96. The minimum atomic E-state index is -0.606. The van der Waals surface area contributed by atoms with Crippen molar-refractivity contribution in [3.63, 3.8) is 0 Å². The zero-order valence-electron chi connectivity index (χ0n) is 17.4. The van der Waals surface area contributed by atoms with Crippen LogP contribution in [0.25, 0.3) is 0 Å². The van der Waals surface area contributed by atoms with Crippen LogP contribution in [0.3, 0.4) is 0 Å². The molecular formula is C22H27N3O4. The van der Waals surface area contributed by atoms with Gasteiger partial charge in [-0.25, -0.2) is 4.79 Å². The monoisotopic (exact) mass is 397 g/mol. The molecule has 2 N–H and O–H groups in total. The fourth-order valence-corrected chi connectivity index (χ4v) is 2.62. The molecule has 0 unspecified atom stereocenters. The third-order valence-electron chi connectivity index (χ3n) is 3.96. The van der Waals surface area contributed by atoms with Crippen molar-refractivity contribution in [1.29, 1.82) is 0 Å². The summed E-state index contributed by atoms with van der Waals surface area (Å²) in [6, 6.07) is 13.8. The Labute approximate surface area is 171 Å². The predicted octanol–water partition coefficient (Wildman–Crippen LogP) is 3.67. The average Bonchev–Trinajstić information content (AvgIpc) is 2.66. The summed E-state index contributed by atoms with van der Waals surface area (Å²) in [5.74, 6) is -0.344. The van der Waals surface area contributed by atoms with E-state index < -0.39 is 11.7 Å². The number of ether oxygens (including phenoxy) is 1. The summed E-state index contributed by atoms with van der Waals surface area (Å²) < 4.78 is 5.23. The van der Waals surface area contributed by atoms with Gasteiger partial charge in [-0.1, -0.05) is 18.2 Å². The molecule has 0 saturated carbocycles. The van der Waals surface area contributed by atoms with Gasteiger partial charge in [-0.15, -0.1) is 0 Å². The summed E-state index contributed by atoms with van der Waals surface area (Å²) in [5, 5.41) is 5.20. The first-order valence-corrected chi connectivity index (χ1v) is 9.25. The molecular weight excluding hydrogens is 370 g/mol. The quantitative estimate of drug-likeness (QED) is 0.806. The second-order valence-electron chi connectivity index (χ2n) is 7.64. The molecule has 0 aliphatic rings. The maximum Gasteiger partial charge on any atom is 0.412 e. The van der Waals surface area contributed by atoms with E-state index in [1.807, 2.05) is 12.1 Å². The lowest BCUT2D eigenvalue weighted by Crippen LogP contribution is -2.28. The second-order valence-corrected chi connectivity index (χ2v) is 7.64. The zero-order valence-corrected chi connectivity index (χ0v) is 17.4. The van der Waals surface area contributed by atoms with Crippen LogP contribution in [-0.2, 0) is 11.3 Å². The lowest BCUT2D eigenvalue weighted by atomic mass is 10.1. The molecule has 3 amide bonds.